The van der Waals surface area contributed by atoms with E-state index in [4.69, 9.17) is 11.6 Å². The van der Waals surface area contributed by atoms with Gasteiger partial charge in [0.1, 0.15) is 5.52 Å². The molecule has 84 valence electrons. The Kier molecular flexibility index (Phi) is 2.72. The fraction of sp³-hybridized carbons (Fsp3) is 0.333. The number of Topliss-reactive ketones (excluding diaryl/α,β-unsaturated/α-hetero) is 1. The monoisotopic (exact) mass is 236 g/mol. The third-order valence-electron chi connectivity index (χ3n) is 2.50. The summed E-state index contributed by atoms with van der Waals surface area (Å²) in [5.74, 6) is 0.430. The Morgan fingerprint density at radius 3 is 2.69 bits per heavy atom. The molecule has 0 aliphatic rings. The summed E-state index contributed by atoms with van der Waals surface area (Å²) in [7, 11) is 0. The summed E-state index contributed by atoms with van der Waals surface area (Å²) in [6.45, 7) is 5.57. The second-order valence-corrected chi connectivity index (χ2v) is 4.47. The van der Waals surface area contributed by atoms with Crippen LogP contribution in [0.1, 0.15) is 37.4 Å². The van der Waals surface area contributed by atoms with Gasteiger partial charge in [0.15, 0.2) is 11.6 Å². The molecule has 0 fully saturated rings. The number of para-hydroxylation sites is 1. The van der Waals surface area contributed by atoms with Crippen LogP contribution in [0.2, 0.25) is 5.02 Å². The van der Waals surface area contributed by atoms with Crippen molar-refractivity contribution in [1.29, 1.82) is 0 Å². The van der Waals surface area contributed by atoms with Crippen LogP contribution < -0.4 is 0 Å². The van der Waals surface area contributed by atoms with Crippen molar-refractivity contribution in [2.45, 2.75) is 26.8 Å². The average Bonchev–Trinajstić information content (AvgIpc) is 2.58. The van der Waals surface area contributed by atoms with Crippen LogP contribution in [-0.2, 0) is 0 Å². The van der Waals surface area contributed by atoms with Crippen LogP contribution in [0, 0.1) is 0 Å². The Balaban J connectivity index is 2.86. The number of nitrogens with zero attached hydrogens (tertiary/aromatic N) is 2. The van der Waals surface area contributed by atoms with E-state index in [-0.39, 0.29) is 11.8 Å². The quantitative estimate of drug-likeness (QED) is 0.749. The third kappa shape index (κ3) is 1.61. The molecule has 1 heterocycles. The Bertz CT molecular complexity index is 557. The summed E-state index contributed by atoms with van der Waals surface area (Å²) in [6, 6.07) is 5.77. The first kappa shape index (κ1) is 11.1. The van der Waals surface area contributed by atoms with E-state index in [2.05, 4.69) is 4.98 Å². The number of carbonyl (C=O) groups excluding carboxylic acids is 1. The summed E-state index contributed by atoms with van der Waals surface area (Å²) in [4.78, 5) is 15.8. The van der Waals surface area contributed by atoms with Crippen molar-refractivity contribution in [3.05, 3.63) is 29.0 Å². The molecule has 0 saturated heterocycles. The number of carbonyl (C=O) groups is 1. The van der Waals surface area contributed by atoms with Crippen LogP contribution in [0.3, 0.4) is 0 Å². The largest absolute Gasteiger partial charge is 0.319 e. The van der Waals surface area contributed by atoms with E-state index in [1.807, 2.05) is 30.5 Å². The lowest BCUT2D eigenvalue weighted by atomic mass is 10.3. The molecule has 0 spiro atoms. The molecule has 0 saturated carbocycles. The fourth-order valence-electron chi connectivity index (χ4n) is 1.85. The van der Waals surface area contributed by atoms with Crippen molar-refractivity contribution in [2.75, 3.05) is 0 Å². The summed E-state index contributed by atoms with van der Waals surface area (Å²) in [5.41, 5.74) is 1.61. The predicted molar refractivity (Wildman–Crippen MR) is 65.1 cm³/mol. The Labute approximate surface area is 99.0 Å². The highest BCUT2D eigenvalue weighted by atomic mass is 35.5. The summed E-state index contributed by atoms with van der Waals surface area (Å²) < 4.78 is 1.92. The normalized spacial score (nSPS) is 11.3. The molecule has 0 aliphatic carbocycles. The van der Waals surface area contributed by atoms with Gasteiger partial charge in [-0.25, -0.2) is 4.98 Å². The first-order valence-electron chi connectivity index (χ1n) is 5.19. The molecule has 3 nitrogen and oxygen atoms in total. The Morgan fingerprint density at radius 1 is 1.44 bits per heavy atom. The predicted octanol–water partition coefficient (Wildman–Crippen LogP) is 3.47. The van der Waals surface area contributed by atoms with Crippen LogP contribution >= 0.6 is 11.6 Å². The van der Waals surface area contributed by atoms with Crippen molar-refractivity contribution < 1.29 is 4.79 Å². The van der Waals surface area contributed by atoms with Crippen molar-refractivity contribution in [3.63, 3.8) is 0 Å². The topological polar surface area (TPSA) is 34.9 Å². The molecule has 0 N–H and O–H groups in total. The number of aromatic nitrogens is 2. The van der Waals surface area contributed by atoms with E-state index in [1.165, 1.54) is 6.92 Å². The van der Waals surface area contributed by atoms with Crippen LogP contribution in [-0.4, -0.2) is 15.3 Å². The first-order chi connectivity index (χ1) is 7.52. The van der Waals surface area contributed by atoms with Gasteiger partial charge in [0.05, 0.1) is 10.5 Å². The SMILES string of the molecule is CC(=O)c1nc2c(Cl)cccc2n1C(C)C. The molecule has 0 radical (unpaired) electrons. The van der Waals surface area contributed by atoms with Crippen LogP contribution in [0.15, 0.2) is 18.2 Å². The van der Waals surface area contributed by atoms with Crippen molar-refractivity contribution in [2.24, 2.45) is 0 Å². The maximum absolute atomic E-state index is 11.5. The number of fused-ring (bicyclic) bond motifs is 1. The van der Waals surface area contributed by atoms with Crippen molar-refractivity contribution in [3.8, 4) is 0 Å². The number of hydrogen-bond acceptors (Lipinski definition) is 2. The highest BCUT2D eigenvalue weighted by Crippen LogP contribution is 2.26. The maximum atomic E-state index is 11.5. The van der Waals surface area contributed by atoms with Crippen LogP contribution in [0.25, 0.3) is 11.0 Å². The maximum Gasteiger partial charge on any atom is 0.195 e. The van der Waals surface area contributed by atoms with E-state index in [0.29, 0.717) is 16.4 Å². The zero-order valence-corrected chi connectivity index (χ0v) is 10.2. The first-order valence-corrected chi connectivity index (χ1v) is 5.57. The molecule has 2 aromatic rings. The minimum Gasteiger partial charge on any atom is -0.319 e. The summed E-state index contributed by atoms with van der Waals surface area (Å²) in [5, 5.41) is 0.583. The van der Waals surface area contributed by atoms with Crippen molar-refractivity contribution >= 4 is 28.4 Å². The third-order valence-corrected chi connectivity index (χ3v) is 2.81. The van der Waals surface area contributed by atoms with Gasteiger partial charge in [0.25, 0.3) is 0 Å². The van der Waals surface area contributed by atoms with Gasteiger partial charge in [-0.3, -0.25) is 4.79 Å². The fourth-order valence-corrected chi connectivity index (χ4v) is 2.07. The van der Waals surface area contributed by atoms with E-state index < -0.39 is 0 Å². The number of halogens is 1. The van der Waals surface area contributed by atoms with Gasteiger partial charge in [-0.2, -0.15) is 0 Å². The molecule has 4 heteroatoms. The highest BCUT2D eigenvalue weighted by molar-refractivity contribution is 6.35. The smallest absolute Gasteiger partial charge is 0.195 e. The number of rotatable bonds is 2. The zero-order chi connectivity index (χ0) is 11.9. The Morgan fingerprint density at radius 2 is 2.12 bits per heavy atom. The molecule has 16 heavy (non-hydrogen) atoms. The van der Waals surface area contributed by atoms with Crippen molar-refractivity contribution in [1.82, 2.24) is 9.55 Å². The highest BCUT2D eigenvalue weighted by Gasteiger charge is 2.17. The lowest BCUT2D eigenvalue weighted by Gasteiger charge is -2.11. The van der Waals surface area contributed by atoms with Crippen LogP contribution in [0.4, 0.5) is 0 Å². The molecule has 0 atom stereocenters. The number of hydrogen-bond donors (Lipinski definition) is 0. The molecular weight excluding hydrogens is 224 g/mol. The van der Waals surface area contributed by atoms with E-state index in [1.54, 1.807) is 6.07 Å². The molecular formula is C12H13ClN2O. The molecule has 1 aromatic carbocycles. The second-order valence-electron chi connectivity index (χ2n) is 4.06. The minimum atomic E-state index is -0.0408. The lowest BCUT2D eigenvalue weighted by Crippen LogP contribution is -2.09. The Hall–Kier alpha value is -1.35. The van der Waals surface area contributed by atoms with E-state index in [0.717, 1.165) is 5.52 Å². The van der Waals surface area contributed by atoms with Crippen LogP contribution in [0.5, 0.6) is 0 Å². The van der Waals surface area contributed by atoms with Gasteiger partial charge < -0.3 is 4.57 Å². The summed E-state index contributed by atoms with van der Waals surface area (Å²) >= 11 is 6.06. The van der Waals surface area contributed by atoms with E-state index in [9.17, 15) is 4.79 Å². The molecule has 2 rings (SSSR count). The summed E-state index contributed by atoms with van der Waals surface area (Å²) in [6.07, 6.45) is 0. The zero-order valence-electron chi connectivity index (χ0n) is 9.49. The van der Waals surface area contributed by atoms with Gasteiger partial charge in [-0.05, 0) is 26.0 Å². The lowest BCUT2D eigenvalue weighted by molar-refractivity contribution is 0.0998. The molecule has 1 aromatic heterocycles. The average molecular weight is 237 g/mol. The number of benzene rings is 1. The molecule has 0 bridgehead atoms. The second kappa shape index (κ2) is 3.91. The molecule has 0 aliphatic heterocycles. The van der Waals surface area contributed by atoms with Gasteiger partial charge in [-0.1, -0.05) is 17.7 Å². The van der Waals surface area contributed by atoms with Gasteiger partial charge >= 0.3 is 0 Å². The van der Waals surface area contributed by atoms with Gasteiger partial charge in [0.2, 0.25) is 0 Å². The minimum absolute atomic E-state index is 0.0408. The standard InChI is InChI=1S/C12H13ClN2O/c1-7(2)15-10-6-4-5-9(13)11(10)14-12(15)8(3)16/h4-7H,1-3H3. The molecule has 0 unspecified atom stereocenters. The van der Waals surface area contributed by atoms with Gasteiger partial charge in [-0.15, -0.1) is 0 Å². The van der Waals surface area contributed by atoms with E-state index >= 15 is 0 Å². The number of imidazole rings is 1. The molecule has 0 amide bonds. The number of ketones is 1. The van der Waals surface area contributed by atoms with Gasteiger partial charge in [0, 0.05) is 13.0 Å².